The summed E-state index contributed by atoms with van der Waals surface area (Å²) < 4.78 is 0. The second-order valence-corrected chi connectivity index (χ2v) is 5.78. The van der Waals surface area contributed by atoms with Gasteiger partial charge in [-0.15, -0.1) is 0 Å². The number of carbonyl (C=O) groups excluding carboxylic acids is 1. The van der Waals surface area contributed by atoms with Gasteiger partial charge >= 0.3 is 0 Å². The number of hydrogen-bond acceptors (Lipinski definition) is 7. The summed E-state index contributed by atoms with van der Waals surface area (Å²) in [5.41, 5.74) is 8.14. The van der Waals surface area contributed by atoms with E-state index >= 15 is 0 Å². The number of amides is 1. The van der Waals surface area contributed by atoms with Crippen molar-refractivity contribution in [2.45, 2.75) is 6.42 Å². The molecule has 0 saturated carbocycles. The molecule has 2 aromatic heterocycles. The van der Waals surface area contributed by atoms with Crippen LogP contribution in [-0.4, -0.2) is 39.1 Å². The largest absolute Gasteiger partial charge is 0.399 e. The van der Waals surface area contributed by atoms with Crippen LogP contribution in [0.15, 0.2) is 54.9 Å². The van der Waals surface area contributed by atoms with Crippen LogP contribution in [0.3, 0.4) is 0 Å². The number of aliphatic hydroxyl groups is 1. The topological polar surface area (TPSA) is 126 Å². The van der Waals surface area contributed by atoms with Crippen molar-refractivity contribution < 1.29 is 9.90 Å². The molecule has 0 fully saturated rings. The summed E-state index contributed by atoms with van der Waals surface area (Å²) >= 11 is 0. The lowest BCUT2D eigenvalue weighted by Gasteiger charge is -2.11. The molecule has 8 heteroatoms. The van der Waals surface area contributed by atoms with E-state index in [-0.39, 0.29) is 12.5 Å². The Morgan fingerprint density at radius 2 is 1.96 bits per heavy atom. The molecule has 138 valence electrons. The summed E-state index contributed by atoms with van der Waals surface area (Å²) in [6, 6.07) is 12.0. The van der Waals surface area contributed by atoms with Crippen molar-refractivity contribution in [2.24, 2.45) is 0 Å². The van der Waals surface area contributed by atoms with E-state index in [1.54, 1.807) is 42.7 Å². The molecular formula is C19H20N6O2. The first-order valence-electron chi connectivity index (χ1n) is 8.47. The van der Waals surface area contributed by atoms with Gasteiger partial charge in [0.15, 0.2) is 0 Å². The highest BCUT2D eigenvalue weighted by molar-refractivity contribution is 6.04. The number of nitrogens with one attached hydrogen (secondary N) is 2. The summed E-state index contributed by atoms with van der Waals surface area (Å²) in [6.07, 6.45) is 3.92. The van der Waals surface area contributed by atoms with Crippen molar-refractivity contribution in [1.29, 1.82) is 0 Å². The Morgan fingerprint density at radius 1 is 1.15 bits per heavy atom. The highest BCUT2D eigenvalue weighted by atomic mass is 16.3. The maximum atomic E-state index is 12.5. The molecule has 0 atom stereocenters. The van der Waals surface area contributed by atoms with Crippen LogP contribution in [0.1, 0.15) is 16.8 Å². The van der Waals surface area contributed by atoms with Crippen LogP contribution in [0.4, 0.5) is 17.5 Å². The predicted octanol–water partition coefficient (Wildman–Crippen LogP) is 2.17. The molecule has 3 aromatic rings. The molecule has 0 radical (unpaired) electrons. The van der Waals surface area contributed by atoms with E-state index in [1.165, 1.54) is 0 Å². The minimum Gasteiger partial charge on any atom is -0.399 e. The maximum absolute atomic E-state index is 12.5. The summed E-state index contributed by atoms with van der Waals surface area (Å²) in [6.45, 7) is 0.578. The summed E-state index contributed by atoms with van der Waals surface area (Å²) in [4.78, 5) is 25.4. The fraction of sp³-hybridized carbons (Fsp3) is 0.158. The molecule has 1 amide bonds. The van der Waals surface area contributed by atoms with Gasteiger partial charge in [0, 0.05) is 48.4 Å². The lowest BCUT2D eigenvalue weighted by atomic mass is 10.2. The van der Waals surface area contributed by atoms with Crippen LogP contribution in [0, 0.1) is 0 Å². The average molecular weight is 364 g/mol. The molecule has 5 N–H and O–H groups in total. The zero-order chi connectivity index (χ0) is 19.1. The van der Waals surface area contributed by atoms with Crippen LogP contribution in [0.2, 0.25) is 0 Å². The normalized spacial score (nSPS) is 10.4. The van der Waals surface area contributed by atoms with Crippen molar-refractivity contribution in [1.82, 2.24) is 15.0 Å². The number of carbonyl (C=O) groups is 1. The van der Waals surface area contributed by atoms with Crippen molar-refractivity contribution in [3.8, 4) is 11.3 Å². The number of benzene rings is 1. The fourth-order valence-electron chi connectivity index (χ4n) is 2.35. The smallest absolute Gasteiger partial charge is 0.256 e. The molecular weight excluding hydrogens is 344 g/mol. The summed E-state index contributed by atoms with van der Waals surface area (Å²) in [7, 11) is 0. The standard InChI is InChI=1S/C19H20N6O2/c20-15-6-4-13(5-7-15)18(27)24-17-11-16(14-3-1-8-21-12-14)23-19(25-17)22-9-2-10-26/h1,3-8,11-12,26H,2,9-10,20H2,(H2,22,23,24,25,27). The first-order chi connectivity index (χ1) is 13.2. The van der Waals surface area contributed by atoms with Gasteiger partial charge in [-0.2, -0.15) is 4.98 Å². The van der Waals surface area contributed by atoms with Gasteiger partial charge in [0.25, 0.3) is 5.91 Å². The molecule has 0 aliphatic rings. The second-order valence-electron chi connectivity index (χ2n) is 5.78. The number of pyridine rings is 1. The Hall–Kier alpha value is -3.52. The fourth-order valence-corrected chi connectivity index (χ4v) is 2.35. The SMILES string of the molecule is Nc1ccc(C(=O)Nc2cc(-c3cccnc3)nc(NCCCO)n2)cc1. The number of nitrogens with two attached hydrogens (primary N) is 1. The van der Waals surface area contributed by atoms with Crippen molar-refractivity contribution in [3.05, 3.63) is 60.4 Å². The van der Waals surface area contributed by atoms with E-state index < -0.39 is 0 Å². The highest BCUT2D eigenvalue weighted by Gasteiger charge is 2.11. The first kappa shape index (κ1) is 18.3. The average Bonchev–Trinajstić information content (AvgIpc) is 2.69. The molecule has 0 aliphatic carbocycles. The second kappa shape index (κ2) is 8.72. The van der Waals surface area contributed by atoms with Gasteiger partial charge in [0.05, 0.1) is 5.69 Å². The molecule has 0 bridgehead atoms. The zero-order valence-electron chi connectivity index (χ0n) is 14.6. The van der Waals surface area contributed by atoms with E-state index in [1.807, 2.05) is 12.1 Å². The predicted molar refractivity (Wildman–Crippen MR) is 104 cm³/mol. The number of rotatable bonds is 7. The van der Waals surface area contributed by atoms with Gasteiger partial charge in [0.2, 0.25) is 5.95 Å². The summed E-state index contributed by atoms with van der Waals surface area (Å²) in [5, 5.41) is 14.8. The van der Waals surface area contributed by atoms with Crippen molar-refractivity contribution in [3.63, 3.8) is 0 Å². The van der Waals surface area contributed by atoms with Crippen molar-refractivity contribution >= 4 is 23.4 Å². The third-order valence-electron chi connectivity index (χ3n) is 3.72. The van der Waals surface area contributed by atoms with E-state index in [0.717, 1.165) is 5.56 Å². The van der Waals surface area contributed by atoms with Crippen LogP contribution >= 0.6 is 0 Å². The minimum absolute atomic E-state index is 0.0655. The molecule has 27 heavy (non-hydrogen) atoms. The van der Waals surface area contributed by atoms with Crippen LogP contribution < -0.4 is 16.4 Å². The van der Waals surface area contributed by atoms with Crippen LogP contribution in [-0.2, 0) is 0 Å². The third kappa shape index (κ3) is 4.99. The van der Waals surface area contributed by atoms with Crippen LogP contribution in [0.25, 0.3) is 11.3 Å². The Bertz CT molecular complexity index is 900. The summed E-state index contributed by atoms with van der Waals surface area (Å²) in [5.74, 6) is 0.418. The number of aliphatic hydroxyl groups excluding tert-OH is 1. The monoisotopic (exact) mass is 364 g/mol. The van der Waals surface area contributed by atoms with Gasteiger partial charge in [0.1, 0.15) is 5.82 Å². The van der Waals surface area contributed by atoms with E-state index in [0.29, 0.717) is 41.7 Å². The van der Waals surface area contributed by atoms with E-state index in [4.69, 9.17) is 10.8 Å². The molecule has 0 spiro atoms. The number of hydrogen-bond donors (Lipinski definition) is 4. The number of nitrogens with zero attached hydrogens (tertiary/aromatic N) is 3. The molecule has 2 heterocycles. The molecule has 1 aromatic carbocycles. The van der Waals surface area contributed by atoms with Gasteiger partial charge < -0.3 is 21.5 Å². The highest BCUT2D eigenvalue weighted by Crippen LogP contribution is 2.21. The Labute approximate surface area is 156 Å². The number of nitrogen functional groups attached to an aromatic ring is 1. The Balaban J connectivity index is 1.87. The van der Waals surface area contributed by atoms with Crippen LogP contribution in [0.5, 0.6) is 0 Å². The number of anilines is 3. The lowest BCUT2D eigenvalue weighted by Crippen LogP contribution is -2.15. The van der Waals surface area contributed by atoms with Gasteiger partial charge in [-0.1, -0.05) is 0 Å². The number of aromatic nitrogens is 3. The first-order valence-corrected chi connectivity index (χ1v) is 8.47. The van der Waals surface area contributed by atoms with Gasteiger partial charge in [-0.25, -0.2) is 4.98 Å². The van der Waals surface area contributed by atoms with E-state index in [9.17, 15) is 4.79 Å². The Morgan fingerprint density at radius 3 is 2.67 bits per heavy atom. The maximum Gasteiger partial charge on any atom is 0.256 e. The van der Waals surface area contributed by atoms with Gasteiger partial charge in [-0.3, -0.25) is 9.78 Å². The zero-order valence-corrected chi connectivity index (χ0v) is 14.6. The molecule has 3 rings (SSSR count). The van der Waals surface area contributed by atoms with Gasteiger partial charge in [-0.05, 0) is 42.8 Å². The molecule has 8 nitrogen and oxygen atoms in total. The quantitative estimate of drug-likeness (QED) is 0.374. The Kier molecular flexibility index (Phi) is 5.91. The van der Waals surface area contributed by atoms with Crippen molar-refractivity contribution in [2.75, 3.05) is 29.5 Å². The van der Waals surface area contributed by atoms with E-state index in [2.05, 4.69) is 25.6 Å². The minimum atomic E-state index is -0.299. The molecule has 0 unspecified atom stereocenters. The third-order valence-corrected chi connectivity index (χ3v) is 3.72. The lowest BCUT2D eigenvalue weighted by molar-refractivity contribution is 0.102. The molecule has 0 aliphatic heterocycles. The molecule has 0 saturated heterocycles.